The van der Waals surface area contributed by atoms with Gasteiger partial charge in [-0.3, -0.25) is 19.6 Å². The number of nitrogens with zero attached hydrogens (tertiary/aromatic N) is 2. The molecule has 0 amide bonds. The van der Waals surface area contributed by atoms with Gasteiger partial charge in [0.05, 0.1) is 31.3 Å². The minimum absolute atomic E-state index is 0.121. The Balaban J connectivity index is 1.96. The van der Waals surface area contributed by atoms with Crippen molar-refractivity contribution in [1.82, 2.24) is 9.97 Å². The van der Waals surface area contributed by atoms with Crippen LogP contribution in [-0.2, 0) is 46.5 Å². The van der Waals surface area contributed by atoms with Crippen LogP contribution in [0.25, 0.3) is 0 Å². The molecule has 1 saturated carbocycles. The normalized spacial score (nSPS) is 31.5. The highest BCUT2D eigenvalue weighted by Gasteiger charge is 2.62. The Hall–Kier alpha value is -3.28. The van der Waals surface area contributed by atoms with E-state index in [9.17, 15) is 14.7 Å². The number of allylic oxidation sites excluding steroid dienone is 1. The van der Waals surface area contributed by atoms with Crippen molar-refractivity contribution >= 4 is 11.8 Å². The van der Waals surface area contributed by atoms with Crippen LogP contribution in [0.3, 0.4) is 0 Å². The highest BCUT2D eigenvalue weighted by Crippen LogP contribution is 2.49. The zero-order valence-electron chi connectivity index (χ0n) is 32.5. The second-order valence-corrected chi connectivity index (χ2v) is 16.1. The zero-order chi connectivity index (χ0) is 38.2. The summed E-state index contributed by atoms with van der Waals surface area (Å²) in [6.07, 6.45) is 6.69. The van der Waals surface area contributed by atoms with E-state index in [0.29, 0.717) is 18.8 Å². The van der Waals surface area contributed by atoms with E-state index in [-0.39, 0.29) is 43.2 Å². The van der Waals surface area contributed by atoms with Crippen molar-refractivity contribution in [2.75, 3.05) is 13.2 Å². The van der Waals surface area contributed by atoms with E-state index in [4.69, 9.17) is 23.7 Å². The van der Waals surface area contributed by atoms with Crippen LogP contribution < -0.4 is 0 Å². The largest absolute Gasteiger partial charge is 0.457 e. The van der Waals surface area contributed by atoms with Gasteiger partial charge in [-0.15, -0.1) is 0 Å². The molecule has 0 aliphatic heterocycles. The number of carbonyl (C=O) groups excluding carboxylic acids is 2. The number of carbonyl (C=O) groups is 2. The van der Waals surface area contributed by atoms with Gasteiger partial charge in [0, 0.05) is 56.3 Å². The van der Waals surface area contributed by atoms with Crippen LogP contribution in [0.5, 0.6) is 0 Å². The summed E-state index contributed by atoms with van der Waals surface area (Å²) in [6.45, 7) is 23.0. The van der Waals surface area contributed by atoms with E-state index in [1.807, 2.05) is 84.9 Å². The fraction of sp³-hybridized carbons (Fsp3) is 0.619. The SMILES string of the molecule is C=C1[C@H](OCC(C)C)[C@@H](OCc2cccnc2)[C@@H](OCc2cccnc2)C(C)(C)/C=C/[C@@H](C)C(=O)[C@@]2(O)C[C@H](C)[C@H](OCC(C)C)[C@@H]2[C@H]1OC(C)=O. The maximum atomic E-state index is 14.5. The average Bonchev–Trinajstić information content (AvgIpc) is 3.36. The Morgan fingerprint density at radius 3 is 2.02 bits per heavy atom. The van der Waals surface area contributed by atoms with Crippen LogP contribution in [0.2, 0.25) is 0 Å². The molecule has 286 valence electrons. The molecule has 0 saturated heterocycles. The topological polar surface area (TPSA) is 126 Å². The minimum atomic E-state index is -1.89. The fourth-order valence-electron chi connectivity index (χ4n) is 7.44. The van der Waals surface area contributed by atoms with Crippen LogP contribution in [0.15, 0.2) is 73.4 Å². The van der Waals surface area contributed by atoms with Crippen molar-refractivity contribution < 1.29 is 38.4 Å². The molecular formula is C42H60N2O8. The molecule has 10 nitrogen and oxygen atoms in total. The second kappa shape index (κ2) is 18.2. The predicted octanol–water partition coefficient (Wildman–Crippen LogP) is 6.71. The molecule has 2 aliphatic carbocycles. The third kappa shape index (κ3) is 10.2. The van der Waals surface area contributed by atoms with Gasteiger partial charge in [0.2, 0.25) is 0 Å². The highest BCUT2D eigenvalue weighted by atomic mass is 16.6. The molecule has 0 aromatic carbocycles. The van der Waals surface area contributed by atoms with Crippen LogP contribution in [0, 0.1) is 35.0 Å². The van der Waals surface area contributed by atoms with Gasteiger partial charge in [-0.05, 0) is 53.0 Å². The lowest BCUT2D eigenvalue weighted by molar-refractivity contribution is -0.180. The van der Waals surface area contributed by atoms with E-state index in [1.54, 1.807) is 31.7 Å². The van der Waals surface area contributed by atoms with Crippen molar-refractivity contribution in [3.05, 3.63) is 84.5 Å². The first kappa shape index (κ1) is 41.5. The number of hydrogen-bond acceptors (Lipinski definition) is 10. The summed E-state index contributed by atoms with van der Waals surface area (Å²) in [5.41, 5.74) is -0.562. The molecule has 0 spiro atoms. The van der Waals surface area contributed by atoms with Crippen LogP contribution in [0.4, 0.5) is 0 Å². The quantitative estimate of drug-likeness (QED) is 0.176. The molecular weight excluding hydrogens is 660 g/mol. The van der Waals surface area contributed by atoms with Gasteiger partial charge < -0.3 is 28.8 Å². The van der Waals surface area contributed by atoms with Crippen molar-refractivity contribution in [1.29, 1.82) is 0 Å². The van der Waals surface area contributed by atoms with Gasteiger partial charge in [-0.25, -0.2) is 0 Å². The van der Waals surface area contributed by atoms with Gasteiger partial charge in [-0.1, -0.05) is 86.3 Å². The summed E-state index contributed by atoms with van der Waals surface area (Å²) in [5, 5.41) is 12.7. The number of aliphatic hydroxyl groups is 1. The summed E-state index contributed by atoms with van der Waals surface area (Å²) in [5.74, 6) is -2.52. The second-order valence-electron chi connectivity index (χ2n) is 16.1. The lowest BCUT2D eigenvalue weighted by Crippen LogP contribution is -2.57. The summed E-state index contributed by atoms with van der Waals surface area (Å²) >= 11 is 0. The molecule has 2 aromatic heterocycles. The number of ether oxygens (including phenoxy) is 5. The monoisotopic (exact) mass is 720 g/mol. The van der Waals surface area contributed by atoms with Crippen LogP contribution >= 0.6 is 0 Å². The van der Waals surface area contributed by atoms with Crippen molar-refractivity contribution in [3.63, 3.8) is 0 Å². The van der Waals surface area contributed by atoms with Crippen LogP contribution in [-0.4, -0.2) is 76.2 Å². The molecule has 4 rings (SSSR count). The minimum Gasteiger partial charge on any atom is -0.457 e. The number of ketones is 1. The fourth-order valence-corrected chi connectivity index (χ4v) is 7.44. The number of esters is 1. The number of rotatable bonds is 13. The number of hydrogen-bond donors (Lipinski definition) is 1. The Morgan fingerprint density at radius 2 is 1.48 bits per heavy atom. The molecule has 0 radical (unpaired) electrons. The van der Waals surface area contributed by atoms with E-state index < -0.39 is 59.3 Å². The zero-order valence-corrected chi connectivity index (χ0v) is 32.5. The lowest BCUT2D eigenvalue weighted by Gasteiger charge is -2.45. The molecule has 2 heterocycles. The summed E-state index contributed by atoms with van der Waals surface area (Å²) < 4.78 is 33.2. The van der Waals surface area contributed by atoms with E-state index in [1.165, 1.54) is 6.92 Å². The molecule has 2 aromatic rings. The Labute approximate surface area is 310 Å². The van der Waals surface area contributed by atoms with Crippen molar-refractivity contribution in [3.8, 4) is 0 Å². The van der Waals surface area contributed by atoms with Crippen molar-refractivity contribution in [2.24, 2.45) is 35.0 Å². The van der Waals surface area contributed by atoms with Gasteiger partial charge in [0.1, 0.15) is 23.9 Å². The maximum absolute atomic E-state index is 14.5. The first-order chi connectivity index (χ1) is 24.5. The molecule has 10 heteroatoms. The smallest absolute Gasteiger partial charge is 0.303 e. The number of Topliss-reactive ketones (excluding diaryl/α,β-unsaturated/α-hetero) is 1. The van der Waals surface area contributed by atoms with E-state index in [0.717, 1.165) is 11.1 Å². The molecule has 52 heavy (non-hydrogen) atoms. The Kier molecular flexibility index (Phi) is 14.5. The Morgan fingerprint density at radius 1 is 0.904 bits per heavy atom. The maximum Gasteiger partial charge on any atom is 0.303 e. The summed E-state index contributed by atoms with van der Waals surface area (Å²) in [4.78, 5) is 36.1. The summed E-state index contributed by atoms with van der Waals surface area (Å²) in [7, 11) is 0. The third-order valence-corrected chi connectivity index (χ3v) is 9.98. The van der Waals surface area contributed by atoms with Gasteiger partial charge in [0.15, 0.2) is 5.78 Å². The molecule has 1 fully saturated rings. The molecule has 1 N–H and O–H groups in total. The predicted molar refractivity (Wildman–Crippen MR) is 199 cm³/mol. The van der Waals surface area contributed by atoms with E-state index in [2.05, 4.69) is 16.5 Å². The first-order valence-electron chi connectivity index (χ1n) is 18.6. The molecule has 2 aliphatic rings. The summed E-state index contributed by atoms with van der Waals surface area (Å²) in [6, 6.07) is 7.58. The lowest BCUT2D eigenvalue weighted by atomic mass is 9.72. The average molecular weight is 721 g/mol. The first-order valence-corrected chi connectivity index (χ1v) is 18.6. The van der Waals surface area contributed by atoms with E-state index >= 15 is 0 Å². The van der Waals surface area contributed by atoms with Gasteiger partial charge >= 0.3 is 5.97 Å². The number of pyridine rings is 2. The number of fused-ring (bicyclic) bond motifs is 1. The number of aromatic nitrogens is 2. The molecule has 0 bridgehead atoms. The highest BCUT2D eigenvalue weighted by molar-refractivity contribution is 5.91. The Bertz CT molecular complexity index is 1500. The standard InChI is InChI=1S/C42H60N2O8/c1-26(2)22-48-35-29(6)19-42(47)34(35)36(52-31(8)45)30(7)37(49-23-27(3)4)38(50-24-32-13-11-17-43-20-32)40(51-25-33-14-12-18-44-21-33)41(9,10)16-15-28(5)39(42)46/h11-18,20-21,26-29,34-38,40,47H,7,19,22-25H2,1-6,8-10H3/b16-15+/t28-,29+,34-,35+,36+,37+,38-,40-,42-/m1/s1. The van der Waals surface area contributed by atoms with Gasteiger partial charge in [-0.2, -0.15) is 0 Å². The van der Waals surface area contributed by atoms with Crippen molar-refractivity contribution in [2.45, 2.75) is 118 Å². The van der Waals surface area contributed by atoms with Crippen LogP contribution in [0.1, 0.15) is 79.9 Å². The molecule has 9 atom stereocenters. The third-order valence-electron chi connectivity index (χ3n) is 9.98. The molecule has 0 unspecified atom stereocenters. The van der Waals surface area contributed by atoms with Gasteiger partial charge in [0.25, 0.3) is 0 Å².